The van der Waals surface area contributed by atoms with Gasteiger partial charge in [-0.15, -0.1) is 0 Å². The van der Waals surface area contributed by atoms with Crippen LogP contribution >= 0.6 is 0 Å². The van der Waals surface area contributed by atoms with E-state index in [2.05, 4.69) is 142 Å². The number of rotatable bonds is 14. The van der Waals surface area contributed by atoms with Gasteiger partial charge in [0, 0.05) is 48.2 Å². The lowest BCUT2D eigenvalue weighted by Gasteiger charge is -2.40. The van der Waals surface area contributed by atoms with Crippen LogP contribution in [0.1, 0.15) is 209 Å². The largest absolute Gasteiger partial charge is 0.709 e. The smallest absolute Gasteiger partial charge is 0.235 e. The van der Waals surface area contributed by atoms with Crippen LogP contribution in [-0.4, -0.2) is 22.4 Å². The highest BCUT2D eigenvalue weighted by atomic mass is 19.1. The predicted molar refractivity (Wildman–Crippen MR) is 334 cm³/mol. The summed E-state index contributed by atoms with van der Waals surface area (Å²) in [6.07, 6.45) is 19.0. The molecule has 0 aliphatic heterocycles. The van der Waals surface area contributed by atoms with Crippen LogP contribution in [0, 0.1) is 36.7 Å². The Morgan fingerprint density at radius 2 is 0.716 bits per heavy atom. The van der Waals surface area contributed by atoms with Crippen molar-refractivity contribution < 1.29 is 27.7 Å². The number of aryl methyl sites for hydroxylation is 4. The fourth-order valence-corrected chi connectivity index (χ4v) is 15.6. The summed E-state index contributed by atoms with van der Waals surface area (Å²) in [6.45, 7) is 27.0. The molecule has 0 bridgehead atoms. The SMILES string of the molecule is [CH2-][O+](c1ccc(F)cc1-c1cc(C(C)(C)CC(C)(C)C)cc(-c2c3c(cc4c2CCCC4)CCCC3)c1O)[C@H](C)C[C@H](C)[O+]([CH2-])c1ccc(F)cc1-c1cc(C(C)(C)CC(C)(C)C)cc(-c2c3c(cc4c2CCCC4)CCCC3)c1O. The van der Waals surface area contributed by atoms with Crippen LogP contribution in [0.5, 0.6) is 23.0 Å². The second kappa shape index (κ2) is 22.5. The second-order valence-corrected chi connectivity index (χ2v) is 29.0. The molecule has 0 radical (unpaired) electrons. The molecule has 4 aliphatic rings. The Kier molecular flexibility index (Phi) is 16.3. The van der Waals surface area contributed by atoms with Gasteiger partial charge in [0.1, 0.15) is 29.6 Å². The Balaban J connectivity index is 1.05. The van der Waals surface area contributed by atoms with Crippen LogP contribution in [0.2, 0.25) is 0 Å². The molecule has 6 heteroatoms. The summed E-state index contributed by atoms with van der Waals surface area (Å²) in [6, 6.07) is 23.3. The van der Waals surface area contributed by atoms with Gasteiger partial charge in [-0.25, -0.2) is 8.78 Å². The molecule has 0 aromatic heterocycles. The predicted octanol–water partition coefficient (Wildman–Crippen LogP) is 21.0. The van der Waals surface area contributed by atoms with Crippen LogP contribution in [0.25, 0.3) is 44.5 Å². The Hall–Kier alpha value is -5.62. The van der Waals surface area contributed by atoms with Crippen molar-refractivity contribution in [3.63, 3.8) is 0 Å². The minimum Gasteiger partial charge on any atom is -0.709 e. The number of aromatic hydroxyl groups is 2. The van der Waals surface area contributed by atoms with Crippen LogP contribution in [0.4, 0.5) is 8.78 Å². The number of phenolic OH excluding ortho intramolecular Hbond substituents is 2. The summed E-state index contributed by atoms with van der Waals surface area (Å²) in [4.78, 5) is 0. The maximum atomic E-state index is 16.0. The lowest BCUT2D eigenvalue weighted by Crippen LogP contribution is -2.26. The molecule has 6 aromatic carbocycles. The molecule has 0 spiro atoms. The summed E-state index contributed by atoms with van der Waals surface area (Å²) in [5.41, 5.74) is 19.2. The molecule has 81 heavy (non-hydrogen) atoms. The van der Waals surface area contributed by atoms with Gasteiger partial charge in [-0.1, -0.05) is 81.4 Å². The van der Waals surface area contributed by atoms with E-state index in [-0.39, 0.29) is 45.4 Å². The molecule has 4 nitrogen and oxygen atoms in total. The third-order valence-electron chi connectivity index (χ3n) is 18.9. The molecule has 0 heterocycles. The maximum absolute atomic E-state index is 16.0. The fourth-order valence-electron chi connectivity index (χ4n) is 15.6. The number of halogens is 2. The molecule has 2 atom stereocenters. The molecule has 10 rings (SSSR count). The molecular formula is C75H94F2O4. The maximum Gasteiger partial charge on any atom is 0.235 e. The first-order chi connectivity index (χ1) is 38.2. The molecule has 0 unspecified atom stereocenters. The van der Waals surface area contributed by atoms with Crippen LogP contribution < -0.4 is 0 Å². The average Bonchev–Trinajstić information content (AvgIpc) is 3.43. The van der Waals surface area contributed by atoms with Crippen molar-refractivity contribution in [2.24, 2.45) is 10.8 Å². The highest BCUT2D eigenvalue weighted by Crippen LogP contribution is 2.54. The molecule has 0 saturated heterocycles. The van der Waals surface area contributed by atoms with Crippen molar-refractivity contribution in [2.45, 2.75) is 228 Å². The molecule has 4 aliphatic carbocycles. The normalized spacial score (nSPS) is 16.5. The van der Waals surface area contributed by atoms with Crippen LogP contribution in [0.15, 0.2) is 72.8 Å². The Labute approximate surface area is 486 Å². The summed E-state index contributed by atoms with van der Waals surface area (Å²) in [7, 11) is 9.23. The molecule has 0 fully saturated rings. The van der Waals surface area contributed by atoms with Gasteiger partial charge in [-0.3, -0.25) is 0 Å². The quantitative estimate of drug-likeness (QED) is 0.0843. The zero-order valence-electron chi connectivity index (χ0n) is 51.4. The van der Waals surface area contributed by atoms with Crippen molar-refractivity contribution in [1.29, 1.82) is 0 Å². The standard InChI is InChI=1S/C75H94F2O4/c1-46(80(13)66-33-31-54(76)42-60(66)62-38-52(74(9,10)44-72(3,4)5)40-64(70(62)78)68-56-27-19-15-23-48(56)36-49-24-16-20-28-57(49)68)35-47(2)81(14)67-34-32-55(77)43-61(67)63-39-53(75(11,12)45-73(6,7)8)41-65(71(63)79)69-58-29-21-17-25-50(58)37-51-26-18-22-30-59(51)69/h31-34,36-43,46-47,78-79H,13-30,35,44-45H2,1-12H3/t46-,47+. The molecule has 6 aromatic rings. The Bertz CT molecular complexity index is 3050. The number of hydrogen-bond donors (Lipinski definition) is 2. The number of hydrogen-bond acceptors (Lipinski definition) is 2. The average molecular weight is 1100 g/mol. The minimum atomic E-state index is -0.397. The molecule has 2 N–H and O–H groups in total. The summed E-state index contributed by atoms with van der Waals surface area (Å²) in [5, 5.41) is 26.0. The number of benzene rings is 6. The third kappa shape index (κ3) is 12.0. The minimum absolute atomic E-state index is 0.0230. The van der Waals surface area contributed by atoms with E-state index in [9.17, 15) is 10.2 Å². The zero-order chi connectivity index (χ0) is 58.1. The van der Waals surface area contributed by atoms with Gasteiger partial charge in [-0.05, 0) is 267 Å². The van der Waals surface area contributed by atoms with Gasteiger partial charge < -0.3 is 18.9 Å². The number of phenols is 2. The first-order valence-electron chi connectivity index (χ1n) is 30.9. The van der Waals surface area contributed by atoms with Gasteiger partial charge in [-0.2, -0.15) is 0 Å². The molecule has 432 valence electrons. The van der Waals surface area contributed by atoms with Gasteiger partial charge >= 0.3 is 0 Å². The highest BCUT2D eigenvalue weighted by Gasteiger charge is 2.36. The molecular weight excluding hydrogens is 1000 g/mol. The molecule has 0 saturated carbocycles. The lowest BCUT2D eigenvalue weighted by atomic mass is 9.70. The van der Waals surface area contributed by atoms with E-state index in [1.165, 1.54) is 93.5 Å². The first kappa shape index (κ1) is 58.6. The lowest BCUT2D eigenvalue weighted by molar-refractivity contribution is -0.0937. The van der Waals surface area contributed by atoms with E-state index in [1.807, 2.05) is 0 Å². The van der Waals surface area contributed by atoms with Crippen molar-refractivity contribution in [3.05, 3.63) is 154 Å². The van der Waals surface area contributed by atoms with Gasteiger partial charge in [0.2, 0.25) is 11.5 Å². The second-order valence-electron chi connectivity index (χ2n) is 29.0. The van der Waals surface area contributed by atoms with Gasteiger partial charge in [0.05, 0.1) is 11.1 Å². The van der Waals surface area contributed by atoms with E-state index in [4.69, 9.17) is 0 Å². The van der Waals surface area contributed by atoms with E-state index in [1.54, 1.807) is 24.3 Å². The number of fused-ring (bicyclic) bond motifs is 4. The van der Waals surface area contributed by atoms with Crippen molar-refractivity contribution >= 4 is 0 Å². The fraction of sp³-hybridized carbons (Fsp3) is 0.493. The van der Waals surface area contributed by atoms with E-state index >= 15 is 8.78 Å². The monoisotopic (exact) mass is 1100 g/mol. The van der Waals surface area contributed by atoms with Crippen molar-refractivity contribution in [2.75, 3.05) is 0 Å². The van der Waals surface area contributed by atoms with Crippen LogP contribution in [0.3, 0.4) is 0 Å². The van der Waals surface area contributed by atoms with Crippen molar-refractivity contribution in [1.82, 2.24) is 0 Å². The van der Waals surface area contributed by atoms with E-state index in [0.29, 0.717) is 40.2 Å². The topological polar surface area (TPSA) is 45.9 Å². The first-order valence-corrected chi connectivity index (χ1v) is 30.9. The van der Waals surface area contributed by atoms with Gasteiger partial charge in [0.15, 0.2) is 12.2 Å². The Morgan fingerprint density at radius 1 is 0.420 bits per heavy atom. The van der Waals surface area contributed by atoms with Gasteiger partial charge in [0.25, 0.3) is 0 Å². The van der Waals surface area contributed by atoms with Crippen molar-refractivity contribution in [3.8, 4) is 67.5 Å². The van der Waals surface area contributed by atoms with E-state index < -0.39 is 11.6 Å². The molecule has 0 amide bonds. The zero-order valence-corrected chi connectivity index (χ0v) is 51.4. The summed E-state index contributed by atoms with van der Waals surface area (Å²) >= 11 is 0. The third-order valence-corrected chi connectivity index (χ3v) is 18.9. The van der Waals surface area contributed by atoms with E-state index in [0.717, 1.165) is 112 Å². The van der Waals surface area contributed by atoms with Crippen LogP contribution in [-0.2, 0) is 70.9 Å². The summed E-state index contributed by atoms with van der Waals surface area (Å²) in [5.74, 6) is 0.803. The Morgan fingerprint density at radius 3 is 1.02 bits per heavy atom. The summed E-state index contributed by atoms with van der Waals surface area (Å²) < 4.78 is 38.3. The highest BCUT2D eigenvalue weighted by molar-refractivity contribution is 5.90.